The average Bonchev–Trinajstić information content (AvgIpc) is 2.71. The molecule has 1 aliphatic heterocycles. The summed E-state index contributed by atoms with van der Waals surface area (Å²) >= 11 is 0. The van der Waals surface area contributed by atoms with Crippen molar-refractivity contribution in [2.45, 2.75) is 38.0 Å². The number of rotatable bonds is 0. The van der Waals surface area contributed by atoms with Crippen molar-refractivity contribution in [3.05, 3.63) is 42.0 Å². The van der Waals surface area contributed by atoms with E-state index in [9.17, 15) is 0 Å². The fourth-order valence-electron chi connectivity index (χ4n) is 3.72. The molecule has 18 heavy (non-hydrogen) atoms. The summed E-state index contributed by atoms with van der Waals surface area (Å²) in [5.74, 6) is 0. The molecule has 1 atom stereocenters. The number of hydrogen-bond acceptors (Lipinski definition) is 1. The predicted molar refractivity (Wildman–Crippen MR) is 76.9 cm³/mol. The number of hydrogen-bond donors (Lipinski definition) is 0. The summed E-state index contributed by atoms with van der Waals surface area (Å²) in [5, 5.41) is 2.75. The summed E-state index contributed by atoms with van der Waals surface area (Å²) in [6.45, 7) is 2.39. The Morgan fingerprint density at radius 3 is 2.89 bits per heavy atom. The van der Waals surface area contributed by atoms with Crippen LogP contribution in [-0.2, 0) is 5.41 Å². The van der Waals surface area contributed by atoms with Crippen LogP contribution in [0.25, 0.3) is 10.8 Å². The fourth-order valence-corrected chi connectivity index (χ4v) is 3.72. The topological polar surface area (TPSA) is 12.4 Å². The molecular weight excluding hydrogens is 218 g/mol. The van der Waals surface area contributed by atoms with Crippen LogP contribution in [0.15, 0.2) is 41.4 Å². The molecular formula is C17H17N. The molecule has 2 aromatic rings. The van der Waals surface area contributed by atoms with E-state index in [0.717, 1.165) is 0 Å². The summed E-state index contributed by atoms with van der Waals surface area (Å²) in [7, 11) is 0. The number of benzene rings is 2. The van der Waals surface area contributed by atoms with E-state index in [4.69, 9.17) is 4.99 Å². The van der Waals surface area contributed by atoms with Gasteiger partial charge in [0.05, 0.1) is 5.69 Å². The van der Waals surface area contributed by atoms with Crippen LogP contribution in [-0.4, -0.2) is 5.71 Å². The molecule has 0 aromatic heterocycles. The minimum absolute atomic E-state index is 0.203. The molecule has 0 saturated heterocycles. The molecule has 0 radical (unpaired) electrons. The second-order valence-corrected chi connectivity index (χ2v) is 5.78. The van der Waals surface area contributed by atoms with Crippen molar-refractivity contribution in [1.82, 2.24) is 0 Å². The molecule has 2 aliphatic rings. The molecule has 0 bridgehead atoms. The van der Waals surface area contributed by atoms with Gasteiger partial charge in [0.2, 0.25) is 0 Å². The van der Waals surface area contributed by atoms with Crippen molar-refractivity contribution >= 4 is 22.2 Å². The normalized spacial score (nSPS) is 25.7. The Balaban J connectivity index is 2.06. The van der Waals surface area contributed by atoms with E-state index >= 15 is 0 Å². The second-order valence-electron chi connectivity index (χ2n) is 5.78. The van der Waals surface area contributed by atoms with Gasteiger partial charge in [-0.05, 0) is 41.7 Å². The minimum atomic E-state index is 0.203. The molecule has 1 heterocycles. The molecule has 2 aromatic carbocycles. The third-order valence-corrected chi connectivity index (χ3v) is 4.69. The first-order valence-electron chi connectivity index (χ1n) is 6.89. The van der Waals surface area contributed by atoms with Crippen molar-refractivity contribution in [3.63, 3.8) is 0 Å². The largest absolute Gasteiger partial charge is 0.257 e. The van der Waals surface area contributed by atoms with Gasteiger partial charge in [0.15, 0.2) is 0 Å². The van der Waals surface area contributed by atoms with Gasteiger partial charge in [0.1, 0.15) is 0 Å². The molecule has 1 unspecified atom stereocenters. The molecule has 0 N–H and O–H groups in total. The Morgan fingerprint density at radius 1 is 1.06 bits per heavy atom. The van der Waals surface area contributed by atoms with Crippen LogP contribution < -0.4 is 0 Å². The zero-order valence-electron chi connectivity index (χ0n) is 10.7. The Kier molecular flexibility index (Phi) is 1.97. The summed E-state index contributed by atoms with van der Waals surface area (Å²) in [6.07, 6.45) is 5.07. The molecule has 1 aliphatic carbocycles. The molecule has 1 heteroatoms. The Morgan fingerprint density at radius 2 is 1.94 bits per heavy atom. The Labute approximate surface area is 108 Å². The van der Waals surface area contributed by atoms with Gasteiger partial charge >= 0.3 is 0 Å². The van der Waals surface area contributed by atoms with Crippen molar-refractivity contribution in [2.24, 2.45) is 4.99 Å². The SMILES string of the molecule is CC12CCCCC1=Nc1ccc3ccccc3c12. The van der Waals surface area contributed by atoms with Crippen molar-refractivity contribution in [3.8, 4) is 0 Å². The van der Waals surface area contributed by atoms with Crippen LogP contribution >= 0.6 is 0 Å². The Bertz CT molecular complexity index is 668. The van der Waals surface area contributed by atoms with Crippen LogP contribution in [0, 0.1) is 0 Å². The van der Waals surface area contributed by atoms with Crippen LogP contribution in [0.5, 0.6) is 0 Å². The lowest BCUT2D eigenvalue weighted by Crippen LogP contribution is -2.32. The van der Waals surface area contributed by atoms with E-state index in [1.165, 1.54) is 53.4 Å². The molecule has 0 spiro atoms. The van der Waals surface area contributed by atoms with E-state index < -0.39 is 0 Å². The number of nitrogens with zero attached hydrogens (tertiary/aromatic N) is 1. The maximum Gasteiger partial charge on any atom is 0.0677 e. The predicted octanol–water partition coefficient (Wildman–Crippen LogP) is 4.76. The quantitative estimate of drug-likeness (QED) is 0.624. The van der Waals surface area contributed by atoms with Gasteiger partial charge in [-0.15, -0.1) is 0 Å². The lowest BCUT2D eigenvalue weighted by Gasteiger charge is -2.32. The smallest absolute Gasteiger partial charge is 0.0677 e. The molecule has 0 amide bonds. The van der Waals surface area contributed by atoms with Crippen LogP contribution in [0.4, 0.5) is 5.69 Å². The van der Waals surface area contributed by atoms with Gasteiger partial charge < -0.3 is 0 Å². The first-order valence-corrected chi connectivity index (χ1v) is 6.89. The third-order valence-electron chi connectivity index (χ3n) is 4.69. The number of fused-ring (bicyclic) bond motifs is 5. The van der Waals surface area contributed by atoms with E-state index in [1.54, 1.807) is 0 Å². The number of aliphatic imine (C=N–C) groups is 1. The van der Waals surface area contributed by atoms with Crippen molar-refractivity contribution in [1.29, 1.82) is 0 Å². The first kappa shape index (κ1) is 10.3. The van der Waals surface area contributed by atoms with Gasteiger partial charge in [0, 0.05) is 11.1 Å². The molecule has 1 nitrogen and oxygen atoms in total. The molecule has 4 rings (SSSR count). The van der Waals surface area contributed by atoms with Gasteiger partial charge in [-0.25, -0.2) is 0 Å². The van der Waals surface area contributed by atoms with Gasteiger partial charge in [0.25, 0.3) is 0 Å². The Hall–Kier alpha value is -1.63. The standard InChI is InChI=1S/C17H17N/c1-17-11-5-4-8-15(17)18-14-10-9-12-6-2-3-7-13(12)16(14)17/h2-3,6-7,9-10H,4-5,8,11H2,1H3. The summed E-state index contributed by atoms with van der Waals surface area (Å²) in [5.41, 5.74) is 4.32. The lowest BCUT2D eigenvalue weighted by atomic mass is 9.69. The highest BCUT2D eigenvalue weighted by Gasteiger charge is 2.41. The third kappa shape index (κ3) is 1.19. The highest BCUT2D eigenvalue weighted by Crippen LogP contribution is 2.49. The molecule has 1 fully saturated rings. The van der Waals surface area contributed by atoms with Crippen LogP contribution in [0.3, 0.4) is 0 Å². The zero-order chi connectivity index (χ0) is 12.2. The van der Waals surface area contributed by atoms with Crippen molar-refractivity contribution < 1.29 is 0 Å². The first-order chi connectivity index (χ1) is 8.79. The van der Waals surface area contributed by atoms with E-state index in [1.807, 2.05) is 0 Å². The fraction of sp³-hybridized carbons (Fsp3) is 0.353. The molecule has 1 saturated carbocycles. The maximum atomic E-state index is 4.91. The highest BCUT2D eigenvalue weighted by molar-refractivity contribution is 6.07. The lowest BCUT2D eigenvalue weighted by molar-refractivity contribution is 0.501. The van der Waals surface area contributed by atoms with Crippen molar-refractivity contribution in [2.75, 3.05) is 0 Å². The van der Waals surface area contributed by atoms with Gasteiger partial charge in [-0.1, -0.05) is 43.7 Å². The monoisotopic (exact) mass is 235 g/mol. The zero-order valence-corrected chi connectivity index (χ0v) is 10.7. The highest BCUT2D eigenvalue weighted by atomic mass is 14.8. The van der Waals surface area contributed by atoms with E-state index in [0.29, 0.717) is 0 Å². The van der Waals surface area contributed by atoms with E-state index in [-0.39, 0.29) is 5.41 Å². The summed E-state index contributed by atoms with van der Waals surface area (Å²) < 4.78 is 0. The minimum Gasteiger partial charge on any atom is -0.257 e. The molecule has 90 valence electrons. The maximum absolute atomic E-state index is 4.91. The van der Waals surface area contributed by atoms with Crippen LogP contribution in [0.1, 0.15) is 38.2 Å². The summed E-state index contributed by atoms with van der Waals surface area (Å²) in [6, 6.07) is 13.1. The second kappa shape index (κ2) is 3.44. The van der Waals surface area contributed by atoms with Gasteiger partial charge in [-0.2, -0.15) is 0 Å². The summed E-state index contributed by atoms with van der Waals surface area (Å²) in [4.78, 5) is 4.91. The van der Waals surface area contributed by atoms with Gasteiger partial charge in [-0.3, -0.25) is 4.99 Å². The van der Waals surface area contributed by atoms with E-state index in [2.05, 4.69) is 43.3 Å². The van der Waals surface area contributed by atoms with Crippen LogP contribution in [0.2, 0.25) is 0 Å². The average molecular weight is 235 g/mol.